The Bertz CT molecular complexity index is 1460. The smallest absolute Gasteiger partial charge is 0.293 e. The maximum atomic E-state index is 13.3. The van der Waals surface area contributed by atoms with E-state index in [1.807, 2.05) is 54.6 Å². The van der Waals surface area contributed by atoms with Gasteiger partial charge in [0.05, 0.1) is 11.4 Å². The fourth-order valence-corrected chi connectivity index (χ4v) is 5.26. The lowest BCUT2D eigenvalue weighted by molar-refractivity contribution is -0.123. The van der Waals surface area contributed by atoms with Crippen molar-refractivity contribution in [3.8, 4) is 11.5 Å². The molecular weight excluding hydrogens is 458 g/mol. The molecule has 1 fully saturated rings. The topological polar surface area (TPSA) is 55.8 Å². The molecule has 7 heteroatoms. The lowest BCUT2D eigenvalue weighted by atomic mass is 9.96. The molecule has 2 amide bonds. The number of nitrogens with zero attached hydrogens (tertiary/aromatic N) is 1. The number of ether oxygens (including phenoxy) is 2. The number of carbonyl (C=O) groups excluding carboxylic acids is 2. The van der Waals surface area contributed by atoms with Crippen LogP contribution in [0.5, 0.6) is 11.5 Å². The first-order valence-electron chi connectivity index (χ1n) is 10.3. The Hall–Kier alpha value is -3.48. The van der Waals surface area contributed by atoms with E-state index in [9.17, 15) is 9.59 Å². The normalized spacial score (nSPS) is 16.5. The van der Waals surface area contributed by atoms with Gasteiger partial charge in [-0.2, -0.15) is 0 Å². The molecule has 0 N–H and O–H groups in total. The average Bonchev–Trinajstić information content (AvgIpc) is 3.38. The van der Waals surface area contributed by atoms with Crippen molar-refractivity contribution in [2.45, 2.75) is 6.54 Å². The van der Waals surface area contributed by atoms with Gasteiger partial charge in [0.25, 0.3) is 11.1 Å². The van der Waals surface area contributed by atoms with Crippen molar-refractivity contribution in [3.05, 3.63) is 87.8 Å². The number of hydrogen-bond acceptors (Lipinski definition) is 5. The summed E-state index contributed by atoms with van der Waals surface area (Å²) in [5, 5.41) is 4.30. The van der Waals surface area contributed by atoms with Crippen molar-refractivity contribution in [1.82, 2.24) is 4.90 Å². The van der Waals surface area contributed by atoms with Gasteiger partial charge in [0.15, 0.2) is 11.5 Å². The van der Waals surface area contributed by atoms with Gasteiger partial charge in [0.2, 0.25) is 6.79 Å². The van der Waals surface area contributed by atoms with Crippen LogP contribution in [0.3, 0.4) is 0 Å². The van der Waals surface area contributed by atoms with E-state index < -0.39 is 0 Å². The van der Waals surface area contributed by atoms with Gasteiger partial charge in [-0.25, -0.2) is 0 Å². The fourth-order valence-electron chi connectivity index (χ4n) is 4.22. The zero-order valence-corrected chi connectivity index (χ0v) is 18.8. The molecule has 6 rings (SSSR count). The molecule has 0 saturated carbocycles. The quantitative estimate of drug-likeness (QED) is 0.247. The van der Waals surface area contributed by atoms with Crippen LogP contribution >= 0.6 is 23.4 Å². The molecule has 5 nitrogen and oxygen atoms in total. The Kier molecular flexibility index (Phi) is 4.78. The number of halogens is 1. The number of imide groups is 1. The van der Waals surface area contributed by atoms with Crippen molar-refractivity contribution in [3.63, 3.8) is 0 Å². The van der Waals surface area contributed by atoms with Crippen molar-refractivity contribution >= 4 is 62.1 Å². The van der Waals surface area contributed by atoms with Crippen LogP contribution in [0, 0.1) is 0 Å². The fraction of sp³-hybridized carbons (Fsp3) is 0.0769. The molecule has 0 unspecified atom stereocenters. The van der Waals surface area contributed by atoms with Gasteiger partial charge in [-0.15, -0.1) is 0 Å². The van der Waals surface area contributed by atoms with Crippen LogP contribution in [-0.4, -0.2) is 22.8 Å². The molecule has 4 aromatic rings. The van der Waals surface area contributed by atoms with Crippen molar-refractivity contribution in [2.24, 2.45) is 0 Å². The minimum atomic E-state index is -0.337. The summed E-state index contributed by atoms with van der Waals surface area (Å²) in [4.78, 5) is 27.7. The van der Waals surface area contributed by atoms with E-state index >= 15 is 0 Å². The second kappa shape index (κ2) is 7.83. The summed E-state index contributed by atoms with van der Waals surface area (Å²) < 4.78 is 10.7. The van der Waals surface area contributed by atoms with E-state index in [1.165, 1.54) is 4.90 Å². The summed E-state index contributed by atoms with van der Waals surface area (Å²) in [7, 11) is 0. The summed E-state index contributed by atoms with van der Waals surface area (Å²) in [5.41, 5.74) is 1.55. The van der Waals surface area contributed by atoms with Gasteiger partial charge in [-0.05, 0) is 62.6 Å². The van der Waals surface area contributed by atoms with Gasteiger partial charge in [0, 0.05) is 11.1 Å². The largest absolute Gasteiger partial charge is 0.454 e. The van der Waals surface area contributed by atoms with Crippen LogP contribution < -0.4 is 9.47 Å². The molecule has 0 aliphatic carbocycles. The number of carbonyl (C=O) groups is 2. The van der Waals surface area contributed by atoms with Gasteiger partial charge < -0.3 is 9.47 Å². The lowest BCUT2D eigenvalue weighted by Crippen LogP contribution is -2.27. The maximum absolute atomic E-state index is 13.3. The number of fused-ring (bicyclic) bond motifs is 3. The van der Waals surface area contributed by atoms with E-state index in [-0.39, 0.29) is 24.5 Å². The number of rotatable bonds is 3. The minimum Gasteiger partial charge on any atom is -0.454 e. The Morgan fingerprint density at radius 2 is 1.55 bits per heavy atom. The highest BCUT2D eigenvalue weighted by Gasteiger charge is 2.36. The molecule has 0 radical (unpaired) electrons. The predicted molar refractivity (Wildman–Crippen MR) is 131 cm³/mol. The standard InChI is InChI=1S/C26H16ClNO4S/c27-21-12-23-22(31-14-32-23)10-17(21)13-28-25(29)24(33-26(28)30)11-20-18-7-3-1-5-15(18)9-16-6-2-4-8-19(16)20/h1-12H,13-14H2/b24-11+. The highest BCUT2D eigenvalue weighted by molar-refractivity contribution is 8.18. The number of benzene rings is 4. The third kappa shape index (κ3) is 3.43. The number of thioether (sulfide) groups is 1. The first kappa shape index (κ1) is 20.1. The monoisotopic (exact) mass is 473 g/mol. The van der Waals surface area contributed by atoms with E-state index in [4.69, 9.17) is 21.1 Å². The molecule has 2 aliphatic rings. The third-order valence-electron chi connectivity index (χ3n) is 5.83. The van der Waals surface area contributed by atoms with E-state index in [2.05, 4.69) is 6.07 Å². The molecule has 1 saturated heterocycles. The molecule has 2 heterocycles. The summed E-state index contributed by atoms with van der Waals surface area (Å²) in [6, 6.07) is 21.6. The van der Waals surface area contributed by atoms with Crippen LogP contribution in [0.2, 0.25) is 5.02 Å². The van der Waals surface area contributed by atoms with Crippen molar-refractivity contribution in [1.29, 1.82) is 0 Å². The summed E-state index contributed by atoms with van der Waals surface area (Å²) in [5.74, 6) is 0.774. The van der Waals surface area contributed by atoms with Crippen LogP contribution in [0.4, 0.5) is 4.79 Å². The van der Waals surface area contributed by atoms with Crippen LogP contribution in [0.15, 0.2) is 71.6 Å². The summed E-state index contributed by atoms with van der Waals surface area (Å²) >= 11 is 7.32. The zero-order valence-electron chi connectivity index (χ0n) is 17.2. The Balaban J connectivity index is 1.40. The van der Waals surface area contributed by atoms with Gasteiger partial charge in [0.1, 0.15) is 0 Å². The molecule has 4 aromatic carbocycles. The van der Waals surface area contributed by atoms with Crippen LogP contribution in [0.25, 0.3) is 27.6 Å². The van der Waals surface area contributed by atoms with E-state index in [0.29, 0.717) is 27.0 Å². The van der Waals surface area contributed by atoms with Crippen molar-refractivity contribution < 1.29 is 19.1 Å². The second-order valence-corrected chi connectivity index (χ2v) is 9.20. The molecule has 0 atom stereocenters. The summed E-state index contributed by atoms with van der Waals surface area (Å²) in [6.07, 6.45) is 1.83. The SMILES string of the molecule is O=C1S/C(=C/c2c3ccccc3cc3ccccc23)C(=O)N1Cc1cc2c(cc1Cl)OCO2. The Morgan fingerprint density at radius 1 is 0.909 bits per heavy atom. The van der Waals surface area contributed by atoms with E-state index in [1.54, 1.807) is 12.1 Å². The average molecular weight is 474 g/mol. The minimum absolute atomic E-state index is 0.0633. The molecule has 0 bridgehead atoms. The van der Waals surface area contributed by atoms with Gasteiger partial charge in [-0.3, -0.25) is 14.5 Å². The molecular formula is C26H16ClNO4S. The Morgan fingerprint density at radius 3 is 2.24 bits per heavy atom. The summed E-state index contributed by atoms with van der Waals surface area (Å²) in [6.45, 7) is 0.187. The van der Waals surface area contributed by atoms with Crippen LogP contribution in [0.1, 0.15) is 11.1 Å². The lowest BCUT2D eigenvalue weighted by Gasteiger charge is -2.14. The highest BCUT2D eigenvalue weighted by Crippen LogP contribution is 2.40. The molecule has 33 heavy (non-hydrogen) atoms. The predicted octanol–water partition coefficient (Wildman–Crippen LogP) is 6.61. The third-order valence-corrected chi connectivity index (χ3v) is 7.09. The highest BCUT2D eigenvalue weighted by atomic mass is 35.5. The number of hydrogen-bond donors (Lipinski definition) is 0. The second-order valence-electron chi connectivity index (χ2n) is 7.80. The van der Waals surface area contributed by atoms with Crippen LogP contribution in [-0.2, 0) is 11.3 Å². The first-order valence-corrected chi connectivity index (χ1v) is 11.5. The molecule has 162 valence electrons. The van der Waals surface area contributed by atoms with E-state index in [0.717, 1.165) is 38.9 Å². The number of amides is 2. The molecule has 0 spiro atoms. The first-order chi connectivity index (χ1) is 16.1. The maximum Gasteiger partial charge on any atom is 0.293 e. The Labute approximate surface area is 198 Å². The van der Waals surface area contributed by atoms with Gasteiger partial charge in [-0.1, -0.05) is 60.1 Å². The molecule has 0 aromatic heterocycles. The molecule has 2 aliphatic heterocycles. The van der Waals surface area contributed by atoms with Crippen molar-refractivity contribution in [2.75, 3.05) is 6.79 Å². The zero-order chi connectivity index (χ0) is 22.5. The van der Waals surface area contributed by atoms with Gasteiger partial charge >= 0.3 is 0 Å².